The molecular weight excluding hydrogens is 491 g/mol. The number of amides is 3. The second kappa shape index (κ2) is 8.76. The van der Waals surface area contributed by atoms with Crippen LogP contribution in [0.25, 0.3) is 10.9 Å². The summed E-state index contributed by atoms with van der Waals surface area (Å²) >= 11 is 5.87. The number of carbonyl (C=O) groups is 4. The molecular formula is C25H28ClFN4O5. The molecule has 2 saturated heterocycles. The summed E-state index contributed by atoms with van der Waals surface area (Å²) in [5.41, 5.74) is 0.123. The topological polar surface area (TPSA) is 121 Å². The van der Waals surface area contributed by atoms with Gasteiger partial charge >= 0.3 is 5.97 Å². The highest BCUT2D eigenvalue weighted by Gasteiger charge is 2.69. The molecule has 3 N–H and O–H groups in total. The minimum absolute atomic E-state index is 0.0606. The van der Waals surface area contributed by atoms with Crippen molar-refractivity contribution >= 4 is 46.2 Å². The van der Waals surface area contributed by atoms with E-state index in [-0.39, 0.29) is 45.8 Å². The Hall–Kier alpha value is -3.14. The highest BCUT2D eigenvalue weighted by atomic mass is 35.5. The molecule has 0 spiro atoms. The Morgan fingerprint density at radius 1 is 1.33 bits per heavy atom. The van der Waals surface area contributed by atoms with Crippen LogP contribution < -0.4 is 10.6 Å². The van der Waals surface area contributed by atoms with Crippen LogP contribution in [0, 0.1) is 29.0 Å². The van der Waals surface area contributed by atoms with Gasteiger partial charge in [-0.05, 0) is 42.2 Å². The molecule has 5 atom stereocenters. The average Bonchev–Trinajstić information content (AvgIpc) is 3.36. The molecule has 3 amide bonds. The Kier molecular flexibility index (Phi) is 5.97. The van der Waals surface area contributed by atoms with Gasteiger partial charge in [-0.25, -0.2) is 9.18 Å². The van der Waals surface area contributed by atoms with E-state index < -0.39 is 41.6 Å². The minimum Gasteiger partial charge on any atom is -0.467 e. The first-order chi connectivity index (χ1) is 17.0. The van der Waals surface area contributed by atoms with Gasteiger partial charge in [0.1, 0.15) is 17.8 Å². The van der Waals surface area contributed by atoms with Crippen LogP contribution in [0.15, 0.2) is 18.2 Å². The standard InChI is InChI=1S/C25H28ClFN4O5/c1-25(2)13-10-31(23(34)15-8-11-4-5-14(26)18(27)19(11)29-15)20(17(13)25)22(33)30-16(24(35)36-3)9-12-6-7-28-21(12)32/h4-5,8,12-13,16-17,20,29H,6-7,9-10H2,1-3H3,(H,28,32)(H,30,33)/t12-,13-,16-,17-,20-/m0/s1. The van der Waals surface area contributed by atoms with E-state index in [4.69, 9.17) is 16.3 Å². The Morgan fingerprint density at radius 3 is 2.75 bits per heavy atom. The first-order valence-electron chi connectivity index (χ1n) is 12.0. The van der Waals surface area contributed by atoms with E-state index in [1.54, 1.807) is 6.07 Å². The number of halogens is 2. The lowest BCUT2D eigenvalue weighted by Crippen LogP contribution is -2.54. The van der Waals surface area contributed by atoms with E-state index in [2.05, 4.69) is 15.6 Å². The molecule has 1 aliphatic carbocycles. The van der Waals surface area contributed by atoms with Gasteiger partial charge in [0, 0.05) is 24.4 Å². The molecule has 0 radical (unpaired) electrons. The van der Waals surface area contributed by atoms with Gasteiger partial charge < -0.3 is 25.3 Å². The molecule has 192 valence electrons. The third-order valence-electron chi connectivity index (χ3n) is 8.14. The molecule has 0 unspecified atom stereocenters. The van der Waals surface area contributed by atoms with Gasteiger partial charge in [0.15, 0.2) is 5.82 Å². The lowest BCUT2D eigenvalue weighted by Gasteiger charge is -2.31. The summed E-state index contributed by atoms with van der Waals surface area (Å²) in [5.74, 6) is -2.75. The fraction of sp³-hybridized carbons (Fsp3) is 0.520. The molecule has 9 nitrogen and oxygen atoms in total. The normalized spacial score (nSPS) is 26.9. The van der Waals surface area contributed by atoms with Gasteiger partial charge in [-0.2, -0.15) is 0 Å². The maximum atomic E-state index is 14.5. The highest BCUT2D eigenvalue weighted by Crippen LogP contribution is 2.65. The number of nitrogens with zero attached hydrogens (tertiary/aromatic N) is 1. The zero-order valence-electron chi connectivity index (χ0n) is 20.2. The van der Waals surface area contributed by atoms with Crippen molar-refractivity contribution in [2.45, 2.75) is 38.8 Å². The molecule has 1 aromatic heterocycles. The van der Waals surface area contributed by atoms with Gasteiger partial charge in [-0.15, -0.1) is 0 Å². The van der Waals surface area contributed by atoms with E-state index in [9.17, 15) is 23.6 Å². The second-order valence-corrected chi connectivity index (χ2v) is 10.9. The third kappa shape index (κ3) is 3.91. The number of benzene rings is 1. The van der Waals surface area contributed by atoms with Crippen molar-refractivity contribution in [2.24, 2.45) is 23.2 Å². The number of piperidine rings is 1. The molecule has 3 heterocycles. The molecule has 2 aliphatic heterocycles. The summed E-state index contributed by atoms with van der Waals surface area (Å²) in [5, 5.41) is 5.92. The highest BCUT2D eigenvalue weighted by molar-refractivity contribution is 6.31. The van der Waals surface area contributed by atoms with Crippen molar-refractivity contribution in [3.63, 3.8) is 0 Å². The second-order valence-electron chi connectivity index (χ2n) is 10.5. The van der Waals surface area contributed by atoms with E-state index >= 15 is 0 Å². The predicted molar refractivity (Wildman–Crippen MR) is 129 cm³/mol. The van der Waals surface area contributed by atoms with Crippen LogP contribution in [0.1, 0.15) is 37.2 Å². The fourth-order valence-corrected chi connectivity index (χ4v) is 6.13. The fourth-order valence-electron chi connectivity index (χ4n) is 5.97. The van der Waals surface area contributed by atoms with Crippen molar-refractivity contribution in [1.29, 1.82) is 0 Å². The van der Waals surface area contributed by atoms with Crippen LogP contribution in [-0.4, -0.2) is 65.9 Å². The molecule has 1 saturated carbocycles. The zero-order valence-corrected chi connectivity index (χ0v) is 20.9. The summed E-state index contributed by atoms with van der Waals surface area (Å²) in [4.78, 5) is 55.9. The van der Waals surface area contributed by atoms with Crippen molar-refractivity contribution in [1.82, 2.24) is 20.5 Å². The molecule has 11 heteroatoms. The van der Waals surface area contributed by atoms with Gasteiger partial charge in [0.2, 0.25) is 11.8 Å². The Labute approximate surface area is 212 Å². The lowest BCUT2D eigenvalue weighted by atomic mass is 9.96. The van der Waals surface area contributed by atoms with Gasteiger partial charge in [0.05, 0.1) is 17.6 Å². The largest absolute Gasteiger partial charge is 0.467 e. The molecule has 3 fully saturated rings. The van der Waals surface area contributed by atoms with Crippen LogP contribution in [0.3, 0.4) is 0 Å². The number of aromatic amines is 1. The van der Waals surface area contributed by atoms with E-state index in [1.165, 1.54) is 24.1 Å². The van der Waals surface area contributed by atoms with E-state index in [0.717, 1.165) is 0 Å². The van der Waals surface area contributed by atoms with Crippen LogP contribution in [0.5, 0.6) is 0 Å². The summed E-state index contributed by atoms with van der Waals surface area (Å²) in [6.45, 7) is 4.97. The number of rotatable bonds is 6. The Balaban J connectivity index is 1.40. The average molecular weight is 519 g/mol. The van der Waals surface area contributed by atoms with Gasteiger partial charge in [0.25, 0.3) is 5.91 Å². The minimum atomic E-state index is -1.02. The summed E-state index contributed by atoms with van der Waals surface area (Å²) < 4.78 is 19.3. The van der Waals surface area contributed by atoms with Crippen LogP contribution in [0.4, 0.5) is 4.39 Å². The number of H-pyrrole nitrogens is 1. The van der Waals surface area contributed by atoms with Gasteiger partial charge in [-0.1, -0.05) is 31.5 Å². The number of fused-ring (bicyclic) bond motifs is 2. The molecule has 1 aromatic carbocycles. The number of likely N-dealkylation sites (tertiary alicyclic amines) is 1. The first kappa shape index (κ1) is 24.5. The number of esters is 1. The van der Waals surface area contributed by atoms with Crippen molar-refractivity contribution < 1.29 is 28.3 Å². The van der Waals surface area contributed by atoms with Crippen molar-refractivity contribution in [2.75, 3.05) is 20.2 Å². The number of aromatic nitrogens is 1. The molecule has 0 bridgehead atoms. The Morgan fingerprint density at radius 2 is 2.08 bits per heavy atom. The van der Waals surface area contributed by atoms with Gasteiger partial charge in [-0.3, -0.25) is 14.4 Å². The maximum absolute atomic E-state index is 14.5. The smallest absolute Gasteiger partial charge is 0.328 e. The first-order valence-corrected chi connectivity index (χ1v) is 12.4. The number of carbonyl (C=O) groups excluding carboxylic acids is 4. The van der Waals surface area contributed by atoms with Crippen molar-refractivity contribution in [3.8, 4) is 0 Å². The number of ether oxygens (including phenoxy) is 1. The monoisotopic (exact) mass is 518 g/mol. The van der Waals surface area contributed by atoms with E-state index in [0.29, 0.717) is 24.9 Å². The number of hydrogen-bond acceptors (Lipinski definition) is 5. The van der Waals surface area contributed by atoms with Crippen LogP contribution in [0.2, 0.25) is 5.02 Å². The lowest BCUT2D eigenvalue weighted by molar-refractivity contribution is -0.146. The summed E-state index contributed by atoms with van der Waals surface area (Å²) in [7, 11) is 1.23. The van der Waals surface area contributed by atoms with Crippen LogP contribution >= 0.6 is 11.6 Å². The Bertz CT molecular complexity index is 1280. The molecule has 5 rings (SSSR count). The summed E-state index contributed by atoms with van der Waals surface area (Å²) in [6.07, 6.45) is 0.680. The molecule has 3 aliphatic rings. The van der Waals surface area contributed by atoms with E-state index in [1.807, 2.05) is 13.8 Å². The number of hydrogen-bond donors (Lipinski definition) is 3. The van der Waals surface area contributed by atoms with Crippen molar-refractivity contribution in [3.05, 3.63) is 34.7 Å². The summed E-state index contributed by atoms with van der Waals surface area (Å²) in [6, 6.07) is 2.74. The number of methoxy groups -OCH3 is 1. The molecule has 2 aromatic rings. The quantitative estimate of drug-likeness (QED) is 0.506. The molecule has 36 heavy (non-hydrogen) atoms. The predicted octanol–water partition coefficient (Wildman–Crippen LogP) is 2.24. The SMILES string of the molecule is COC(=O)[C@H](C[C@@H]1CCNC1=O)NC(=O)[C@@H]1[C@@H]2[C@H](CN1C(=O)c1cc3ccc(Cl)c(F)c3[nH]1)C2(C)C. The zero-order chi connectivity index (χ0) is 25.9. The number of nitrogens with one attached hydrogen (secondary N) is 3. The van der Waals surface area contributed by atoms with Crippen LogP contribution in [-0.2, 0) is 19.1 Å². The maximum Gasteiger partial charge on any atom is 0.328 e. The third-order valence-corrected chi connectivity index (χ3v) is 8.43.